The highest BCUT2D eigenvalue weighted by atomic mass is 35.5. The van der Waals surface area contributed by atoms with Crippen LogP contribution in [0.25, 0.3) is 10.9 Å². The number of rotatable bonds is 2. The van der Waals surface area contributed by atoms with Crippen LogP contribution in [0.2, 0.25) is 5.02 Å². The number of fused-ring (bicyclic) bond motifs is 1. The number of halogens is 1. The molecule has 0 aliphatic carbocycles. The average Bonchev–Trinajstić information content (AvgIpc) is 2.84. The number of aromatic nitrogens is 3. The third-order valence-electron chi connectivity index (χ3n) is 3.83. The van der Waals surface area contributed by atoms with Crippen LogP contribution in [0.3, 0.4) is 0 Å². The van der Waals surface area contributed by atoms with Gasteiger partial charge in [0.1, 0.15) is 5.69 Å². The molecule has 8 heteroatoms. The summed E-state index contributed by atoms with van der Waals surface area (Å²) in [5.74, 6) is -1.02. The van der Waals surface area contributed by atoms with Crippen molar-refractivity contribution < 1.29 is 14.7 Å². The Labute approximate surface area is 161 Å². The molecular formula is C19H19ClN4O3. The number of aryl methyl sites for hydroxylation is 1. The van der Waals surface area contributed by atoms with Gasteiger partial charge in [-0.3, -0.25) is 9.78 Å². The zero-order valence-electron chi connectivity index (χ0n) is 15.4. The highest BCUT2D eigenvalue weighted by Crippen LogP contribution is 2.34. The van der Waals surface area contributed by atoms with Crippen molar-refractivity contribution in [3.63, 3.8) is 0 Å². The Kier molecular flexibility index (Phi) is 4.65. The molecule has 0 unspecified atom stereocenters. The van der Waals surface area contributed by atoms with Crippen molar-refractivity contribution in [2.24, 2.45) is 0 Å². The molecule has 0 atom stereocenters. The standard InChI is InChI=1S/C19H19ClN4O3/c1-10-8-22-13(9-21-10)16(25)15-12-7-11(20)5-6-14(12)24(17(15)26)18(27)23-19(2,3)4/h5-9,26H,1-4H3,(H,23,27). The SMILES string of the molecule is Cc1cnc(C(=O)c2c(O)n(C(=O)NC(C)(C)C)c3ccc(Cl)cc23)cn1. The van der Waals surface area contributed by atoms with Crippen molar-refractivity contribution in [3.05, 3.63) is 52.6 Å². The second-order valence-electron chi connectivity index (χ2n) is 7.25. The fraction of sp³-hybridized carbons (Fsp3) is 0.263. The lowest BCUT2D eigenvalue weighted by Gasteiger charge is -2.21. The van der Waals surface area contributed by atoms with Crippen molar-refractivity contribution >= 4 is 34.3 Å². The maximum Gasteiger partial charge on any atom is 0.329 e. The summed E-state index contributed by atoms with van der Waals surface area (Å²) >= 11 is 6.08. The zero-order chi connectivity index (χ0) is 19.9. The Morgan fingerprint density at radius 1 is 1.19 bits per heavy atom. The van der Waals surface area contributed by atoms with Gasteiger partial charge < -0.3 is 10.4 Å². The number of carbonyl (C=O) groups excluding carboxylic acids is 2. The summed E-state index contributed by atoms with van der Waals surface area (Å²) in [5, 5.41) is 14.3. The Morgan fingerprint density at radius 2 is 1.89 bits per heavy atom. The van der Waals surface area contributed by atoms with E-state index in [1.54, 1.807) is 19.1 Å². The second-order valence-corrected chi connectivity index (χ2v) is 7.68. The number of amides is 1. The van der Waals surface area contributed by atoms with Crippen molar-refractivity contribution in [3.8, 4) is 5.88 Å². The first kappa shape index (κ1) is 18.8. The molecule has 2 aromatic heterocycles. The largest absolute Gasteiger partial charge is 0.494 e. The van der Waals surface area contributed by atoms with Crippen LogP contribution in [0.5, 0.6) is 5.88 Å². The van der Waals surface area contributed by atoms with Crippen molar-refractivity contribution in [1.82, 2.24) is 19.9 Å². The lowest BCUT2D eigenvalue weighted by molar-refractivity contribution is 0.103. The lowest BCUT2D eigenvalue weighted by Crippen LogP contribution is -2.42. The van der Waals surface area contributed by atoms with E-state index in [4.69, 9.17) is 11.6 Å². The highest BCUT2D eigenvalue weighted by molar-refractivity contribution is 6.32. The van der Waals surface area contributed by atoms with E-state index in [1.165, 1.54) is 18.5 Å². The Morgan fingerprint density at radius 3 is 2.48 bits per heavy atom. The van der Waals surface area contributed by atoms with Gasteiger partial charge in [0, 0.05) is 22.1 Å². The van der Waals surface area contributed by atoms with Gasteiger partial charge in [-0.2, -0.15) is 0 Å². The summed E-state index contributed by atoms with van der Waals surface area (Å²) in [6, 6.07) is 4.15. The number of hydrogen-bond donors (Lipinski definition) is 2. The molecular weight excluding hydrogens is 368 g/mol. The predicted octanol–water partition coefficient (Wildman–Crippen LogP) is 3.69. The van der Waals surface area contributed by atoms with Crippen molar-refractivity contribution in [1.29, 1.82) is 0 Å². The van der Waals surface area contributed by atoms with Crippen molar-refractivity contribution in [2.45, 2.75) is 33.2 Å². The number of aromatic hydroxyl groups is 1. The van der Waals surface area contributed by atoms with Crippen LogP contribution < -0.4 is 5.32 Å². The van der Waals surface area contributed by atoms with E-state index in [0.717, 1.165) is 4.57 Å². The van der Waals surface area contributed by atoms with E-state index in [0.29, 0.717) is 21.6 Å². The van der Waals surface area contributed by atoms with Gasteiger partial charge in [0.05, 0.1) is 23.0 Å². The second kappa shape index (κ2) is 6.66. The lowest BCUT2D eigenvalue weighted by atomic mass is 10.1. The van der Waals surface area contributed by atoms with Gasteiger partial charge in [0.15, 0.2) is 0 Å². The third-order valence-corrected chi connectivity index (χ3v) is 4.07. The zero-order valence-corrected chi connectivity index (χ0v) is 16.1. The summed E-state index contributed by atoms with van der Waals surface area (Å²) < 4.78 is 1.06. The Hall–Kier alpha value is -2.93. The summed E-state index contributed by atoms with van der Waals surface area (Å²) in [7, 11) is 0. The molecule has 2 heterocycles. The minimum Gasteiger partial charge on any atom is -0.494 e. The van der Waals surface area contributed by atoms with Gasteiger partial charge >= 0.3 is 6.03 Å². The maximum atomic E-state index is 13.0. The number of benzene rings is 1. The van der Waals surface area contributed by atoms with E-state index < -0.39 is 23.2 Å². The van der Waals surface area contributed by atoms with Crippen molar-refractivity contribution in [2.75, 3.05) is 0 Å². The molecule has 3 aromatic rings. The molecule has 0 aliphatic rings. The first-order chi connectivity index (χ1) is 12.6. The highest BCUT2D eigenvalue weighted by Gasteiger charge is 2.28. The van der Waals surface area contributed by atoms with Gasteiger partial charge in [0.25, 0.3) is 0 Å². The molecule has 27 heavy (non-hydrogen) atoms. The topological polar surface area (TPSA) is 97.1 Å². The molecule has 0 saturated carbocycles. The van der Waals surface area contributed by atoms with Crippen LogP contribution in [-0.4, -0.2) is 37.0 Å². The number of hydrogen-bond acceptors (Lipinski definition) is 5. The average molecular weight is 387 g/mol. The van der Waals surface area contributed by atoms with E-state index in [1.807, 2.05) is 20.8 Å². The minimum absolute atomic E-state index is 0.0466. The maximum absolute atomic E-state index is 13.0. The van der Waals surface area contributed by atoms with E-state index in [-0.39, 0.29) is 11.3 Å². The van der Waals surface area contributed by atoms with Crippen LogP contribution >= 0.6 is 11.6 Å². The number of nitrogens with zero attached hydrogens (tertiary/aromatic N) is 3. The number of ketones is 1. The summed E-state index contributed by atoms with van der Waals surface area (Å²) in [4.78, 5) is 33.8. The molecule has 1 aromatic carbocycles. The molecule has 0 fully saturated rings. The smallest absolute Gasteiger partial charge is 0.329 e. The van der Waals surface area contributed by atoms with E-state index in [9.17, 15) is 14.7 Å². The van der Waals surface area contributed by atoms with Crippen LogP contribution in [0.15, 0.2) is 30.6 Å². The quantitative estimate of drug-likeness (QED) is 0.654. The normalized spacial score (nSPS) is 11.6. The molecule has 0 bridgehead atoms. The number of carbonyl (C=O) groups is 2. The van der Waals surface area contributed by atoms with Gasteiger partial charge in [-0.25, -0.2) is 14.3 Å². The van der Waals surface area contributed by atoms with Crippen LogP contribution in [0.4, 0.5) is 4.79 Å². The molecule has 0 aliphatic heterocycles. The van der Waals surface area contributed by atoms with E-state index >= 15 is 0 Å². The van der Waals surface area contributed by atoms with Gasteiger partial charge in [-0.1, -0.05) is 11.6 Å². The first-order valence-electron chi connectivity index (χ1n) is 8.27. The molecule has 140 valence electrons. The first-order valence-corrected chi connectivity index (χ1v) is 8.65. The number of nitrogens with one attached hydrogen (secondary N) is 1. The van der Waals surface area contributed by atoms with Crippen LogP contribution in [-0.2, 0) is 0 Å². The predicted molar refractivity (Wildman–Crippen MR) is 102 cm³/mol. The Balaban J connectivity index is 2.22. The van der Waals surface area contributed by atoms with Gasteiger partial charge in [-0.05, 0) is 45.9 Å². The van der Waals surface area contributed by atoms with Gasteiger partial charge in [0.2, 0.25) is 11.7 Å². The van der Waals surface area contributed by atoms with E-state index in [2.05, 4.69) is 15.3 Å². The summed E-state index contributed by atoms with van der Waals surface area (Å²) in [6.07, 6.45) is 2.79. The molecule has 3 rings (SSSR count). The molecule has 0 spiro atoms. The Bertz CT molecular complexity index is 1050. The van der Waals surface area contributed by atoms with Gasteiger partial charge in [-0.15, -0.1) is 0 Å². The molecule has 7 nitrogen and oxygen atoms in total. The summed E-state index contributed by atoms with van der Waals surface area (Å²) in [6.45, 7) is 7.20. The van der Waals surface area contributed by atoms with Crippen LogP contribution in [0.1, 0.15) is 42.5 Å². The monoisotopic (exact) mass is 386 g/mol. The molecule has 0 radical (unpaired) electrons. The third kappa shape index (κ3) is 3.64. The summed E-state index contributed by atoms with van der Waals surface area (Å²) in [5.41, 5.74) is 0.507. The van der Waals surface area contributed by atoms with Crippen LogP contribution in [0, 0.1) is 6.92 Å². The molecule has 2 N–H and O–H groups in total. The minimum atomic E-state index is -0.554. The molecule has 1 amide bonds. The molecule has 0 saturated heterocycles. The fourth-order valence-corrected chi connectivity index (χ4v) is 2.87. The fourth-order valence-electron chi connectivity index (χ4n) is 2.69.